The lowest BCUT2D eigenvalue weighted by Gasteiger charge is -2.12. The Labute approximate surface area is 142 Å². The van der Waals surface area contributed by atoms with Crippen molar-refractivity contribution in [1.82, 2.24) is 10.3 Å². The van der Waals surface area contributed by atoms with Crippen molar-refractivity contribution in [2.75, 3.05) is 0 Å². The third kappa shape index (κ3) is 5.41. The first-order chi connectivity index (χ1) is 10.0. The maximum Gasteiger partial charge on any atom is 0.130 e. The number of halogens is 2. The van der Waals surface area contributed by atoms with Crippen LogP contribution in [-0.4, -0.2) is 11.0 Å². The zero-order valence-corrected chi connectivity index (χ0v) is 15.2. The predicted molar refractivity (Wildman–Crippen MR) is 92.4 cm³/mol. The fraction of sp³-hybridized carbons (Fsp3) is 0.312. The van der Waals surface area contributed by atoms with Gasteiger partial charge in [0, 0.05) is 27.7 Å². The van der Waals surface area contributed by atoms with Crippen molar-refractivity contribution in [2.45, 2.75) is 33.0 Å². The SMILES string of the molecule is CC(C)NCc1cc(OCc2ccc(Br)cn2)ccc1Br. The number of pyridine rings is 1. The highest BCUT2D eigenvalue weighted by Gasteiger charge is 2.04. The highest BCUT2D eigenvalue weighted by atomic mass is 79.9. The standard InChI is InChI=1S/C16H18Br2N2O/c1-11(2)19-8-12-7-15(5-6-16(12)18)21-10-14-4-3-13(17)9-20-14/h3-7,9,11,19H,8,10H2,1-2H3. The van der Waals surface area contributed by atoms with Crippen molar-refractivity contribution in [3.63, 3.8) is 0 Å². The summed E-state index contributed by atoms with van der Waals surface area (Å²) in [7, 11) is 0. The fourth-order valence-corrected chi connectivity index (χ4v) is 2.36. The molecule has 0 saturated heterocycles. The molecular formula is C16H18Br2N2O. The number of ether oxygens (including phenoxy) is 1. The summed E-state index contributed by atoms with van der Waals surface area (Å²) in [6, 6.07) is 10.4. The van der Waals surface area contributed by atoms with Crippen LogP contribution >= 0.6 is 31.9 Å². The smallest absolute Gasteiger partial charge is 0.130 e. The molecule has 0 aliphatic heterocycles. The molecule has 0 unspecified atom stereocenters. The molecule has 1 N–H and O–H groups in total. The van der Waals surface area contributed by atoms with Crippen LogP contribution in [-0.2, 0) is 13.2 Å². The first-order valence-corrected chi connectivity index (χ1v) is 8.38. The molecule has 1 aromatic carbocycles. The van der Waals surface area contributed by atoms with Crippen LogP contribution in [0.5, 0.6) is 5.75 Å². The molecule has 0 bridgehead atoms. The molecule has 0 aliphatic rings. The second kappa shape index (κ2) is 7.92. The lowest BCUT2D eigenvalue weighted by Crippen LogP contribution is -2.22. The van der Waals surface area contributed by atoms with Crippen LogP contribution in [0.25, 0.3) is 0 Å². The number of benzene rings is 1. The summed E-state index contributed by atoms with van der Waals surface area (Å²) in [4.78, 5) is 4.30. The van der Waals surface area contributed by atoms with Crippen molar-refractivity contribution < 1.29 is 4.74 Å². The van der Waals surface area contributed by atoms with E-state index in [9.17, 15) is 0 Å². The molecule has 5 heteroatoms. The largest absolute Gasteiger partial charge is 0.487 e. The summed E-state index contributed by atoms with van der Waals surface area (Å²) in [5.41, 5.74) is 2.09. The number of nitrogens with zero attached hydrogens (tertiary/aromatic N) is 1. The number of rotatable bonds is 6. The topological polar surface area (TPSA) is 34.1 Å². The Bertz CT molecular complexity index is 585. The van der Waals surface area contributed by atoms with Crippen LogP contribution in [0.2, 0.25) is 0 Å². The molecule has 0 saturated carbocycles. The predicted octanol–water partition coefficient (Wildman–Crippen LogP) is 4.68. The van der Waals surface area contributed by atoms with Crippen molar-refractivity contribution in [3.05, 3.63) is 56.7 Å². The van der Waals surface area contributed by atoms with Gasteiger partial charge in [-0.1, -0.05) is 29.8 Å². The van der Waals surface area contributed by atoms with E-state index in [4.69, 9.17) is 4.74 Å². The first-order valence-electron chi connectivity index (χ1n) is 6.79. The average molecular weight is 414 g/mol. The van der Waals surface area contributed by atoms with Crippen molar-refractivity contribution >= 4 is 31.9 Å². The summed E-state index contributed by atoms with van der Waals surface area (Å²) in [6.07, 6.45) is 1.78. The van der Waals surface area contributed by atoms with Gasteiger partial charge in [-0.3, -0.25) is 4.98 Å². The molecule has 2 rings (SSSR count). The second-order valence-corrected chi connectivity index (χ2v) is 6.82. The Hall–Kier alpha value is -0.910. The van der Waals surface area contributed by atoms with Crippen LogP contribution in [0.3, 0.4) is 0 Å². The fourth-order valence-electron chi connectivity index (χ4n) is 1.74. The number of nitrogens with one attached hydrogen (secondary N) is 1. The summed E-state index contributed by atoms with van der Waals surface area (Å²) >= 11 is 6.94. The minimum atomic E-state index is 0.452. The van der Waals surface area contributed by atoms with Gasteiger partial charge in [0.2, 0.25) is 0 Å². The molecule has 0 spiro atoms. The molecule has 3 nitrogen and oxygen atoms in total. The van der Waals surface area contributed by atoms with Gasteiger partial charge in [-0.05, 0) is 51.8 Å². The summed E-state index contributed by atoms with van der Waals surface area (Å²) in [6.45, 7) is 5.54. The van der Waals surface area contributed by atoms with Gasteiger partial charge >= 0.3 is 0 Å². The third-order valence-electron chi connectivity index (χ3n) is 2.89. The minimum Gasteiger partial charge on any atom is -0.487 e. The lowest BCUT2D eigenvalue weighted by atomic mass is 10.2. The lowest BCUT2D eigenvalue weighted by molar-refractivity contribution is 0.301. The van der Waals surface area contributed by atoms with Crippen LogP contribution in [0.15, 0.2) is 45.5 Å². The quantitative estimate of drug-likeness (QED) is 0.746. The van der Waals surface area contributed by atoms with E-state index in [-0.39, 0.29) is 0 Å². The molecule has 112 valence electrons. The van der Waals surface area contributed by atoms with E-state index in [1.165, 1.54) is 5.56 Å². The van der Waals surface area contributed by atoms with E-state index in [0.29, 0.717) is 12.6 Å². The molecule has 0 fully saturated rings. The summed E-state index contributed by atoms with van der Waals surface area (Å²) in [5.74, 6) is 0.850. The highest BCUT2D eigenvalue weighted by Crippen LogP contribution is 2.23. The molecule has 2 aromatic rings. The van der Waals surface area contributed by atoms with Gasteiger partial charge in [-0.25, -0.2) is 0 Å². The van der Waals surface area contributed by atoms with Crippen molar-refractivity contribution in [3.8, 4) is 5.75 Å². The molecule has 0 amide bonds. The van der Waals surface area contributed by atoms with Crippen LogP contribution in [0.4, 0.5) is 0 Å². The molecule has 0 aliphatic carbocycles. The number of aromatic nitrogens is 1. The Morgan fingerprint density at radius 3 is 2.67 bits per heavy atom. The molecule has 1 aromatic heterocycles. The van der Waals surface area contributed by atoms with Crippen LogP contribution in [0.1, 0.15) is 25.1 Å². The van der Waals surface area contributed by atoms with Gasteiger partial charge in [-0.15, -0.1) is 0 Å². The normalized spacial score (nSPS) is 10.9. The Morgan fingerprint density at radius 1 is 1.19 bits per heavy atom. The Morgan fingerprint density at radius 2 is 2.00 bits per heavy atom. The van der Waals surface area contributed by atoms with E-state index in [2.05, 4.69) is 62.1 Å². The maximum atomic E-state index is 5.81. The van der Waals surface area contributed by atoms with E-state index < -0.39 is 0 Å². The van der Waals surface area contributed by atoms with E-state index in [0.717, 1.165) is 26.9 Å². The van der Waals surface area contributed by atoms with Gasteiger partial charge in [0.25, 0.3) is 0 Å². The molecular weight excluding hydrogens is 396 g/mol. The monoisotopic (exact) mass is 412 g/mol. The number of hydrogen-bond acceptors (Lipinski definition) is 3. The van der Waals surface area contributed by atoms with Crippen molar-refractivity contribution in [1.29, 1.82) is 0 Å². The van der Waals surface area contributed by atoms with E-state index in [1.807, 2.05) is 24.3 Å². The van der Waals surface area contributed by atoms with Gasteiger partial charge in [0.1, 0.15) is 12.4 Å². The third-order valence-corrected chi connectivity index (χ3v) is 4.14. The summed E-state index contributed by atoms with van der Waals surface area (Å²) < 4.78 is 7.87. The zero-order valence-electron chi connectivity index (χ0n) is 12.1. The van der Waals surface area contributed by atoms with Gasteiger partial charge in [0.05, 0.1) is 5.69 Å². The van der Waals surface area contributed by atoms with Crippen molar-refractivity contribution in [2.24, 2.45) is 0 Å². The average Bonchev–Trinajstić information content (AvgIpc) is 2.46. The minimum absolute atomic E-state index is 0.452. The molecule has 21 heavy (non-hydrogen) atoms. The van der Waals surface area contributed by atoms with Crippen LogP contribution < -0.4 is 10.1 Å². The molecule has 0 radical (unpaired) electrons. The van der Waals surface area contributed by atoms with Gasteiger partial charge < -0.3 is 10.1 Å². The number of hydrogen-bond donors (Lipinski definition) is 1. The molecule has 0 atom stereocenters. The maximum absolute atomic E-state index is 5.81. The second-order valence-electron chi connectivity index (χ2n) is 5.05. The zero-order chi connectivity index (χ0) is 15.2. The molecule has 1 heterocycles. The van der Waals surface area contributed by atoms with Gasteiger partial charge in [0.15, 0.2) is 0 Å². The Kier molecular flexibility index (Phi) is 6.21. The first kappa shape index (κ1) is 16.5. The highest BCUT2D eigenvalue weighted by molar-refractivity contribution is 9.10. The van der Waals surface area contributed by atoms with E-state index >= 15 is 0 Å². The van der Waals surface area contributed by atoms with Gasteiger partial charge in [-0.2, -0.15) is 0 Å². The van der Waals surface area contributed by atoms with E-state index in [1.54, 1.807) is 6.20 Å². The summed E-state index contributed by atoms with van der Waals surface area (Å²) in [5, 5.41) is 3.41. The Balaban J connectivity index is 1.99. The van der Waals surface area contributed by atoms with Crippen LogP contribution in [0, 0.1) is 0 Å².